The van der Waals surface area contributed by atoms with Crippen molar-refractivity contribution in [2.75, 3.05) is 19.8 Å². The lowest BCUT2D eigenvalue weighted by Crippen LogP contribution is -2.33. The van der Waals surface area contributed by atoms with Crippen molar-refractivity contribution in [3.63, 3.8) is 0 Å². The van der Waals surface area contributed by atoms with Gasteiger partial charge in [0.2, 0.25) is 5.91 Å². The number of aliphatic hydroxyl groups is 1. The molecule has 0 aromatic carbocycles. The van der Waals surface area contributed by atoms with Crippen LogP contribution in [0.15, 0.2) is 0 Å². The largest absolute Gasteiger partial charge is 0.395 e. The molecule has 0 bridgehead atoms. The SMILES string of the molecule is CC1CC(C(=O)NCCO)CO1. The van der Waals surface area contributed by atoms with Gasteiger partial charge in [-0.25, -0.2) is 0 Å². The van der Waals surface area contributed by atoms with Crippen molar-refractivity contribution in [2.24, 2.45) is 5.92 Å². The number of rotatable bonds is 3. The van der Waals surface area contributed by atoms with Crippen LogP contribution < -0.4 is 5.32 Å². The summed E-state index contributed by atoms with van der Waals surface area (Å²) in [6.45, 7) is 2.80. The van der Waals surface area contributed by atoms with E-state index in [1.165, 1.54) is 0 Å². The van der Waals surface area contributed by atoms with E-state index < -0.39 is 0 Å². The quantitative estimate of drug-likeness (QED) is 0.606. The number of carbonyl (C=O) groups is 1. The van der Waals surface area contributed by atoms with E-state index >= 15 is 0 Å². The van der Waals surface area contributed by atoms with Crippen molar-refractivity contribution in [2.45, 2.75) is 19.4 Å². The molecule has 2 N–H and O–H groups in total. The number of amides is 1. The maximum absolute atomic E-state index is 11.2. The number of nitrogens with one attached hydrogen (secondary N) is 1. The molecule has 0 radical (unpaired) electrons. The highest BCUT2D eigenvalue weighted by Gasteiger charge is 2.27. The molecule has 1 saturated heterocycles. The first-order chi connectivity index (χ1) is 5.74. The minimum Gasteiger partial charge on any atom is -0.395 e. The normalized spacial score (nSPS) is 28.8. The van der Waals surface area contributed by atoms with Gasteiger partial charge in [-0.3, -0.25) is 4.79 Å². The molecule has 12 heavy (non-hydrogen) atoms. The zero-order chi connectivity index (χ0) is 8.97. The minimum atomic E-state index is -0.0217. The predicted octanol–water partition coefficient (Wildman–Crippen LogP) is -0.480. The van der Waals surface area contributed by atoms with Gasteiger partial charge in [0.15, 0.2) is 0 Å². The molecule has 0 saturated carbocycles. The molecule has 70 valence electrons. The van der Waals surface area contributed by atoms with Gasteiger partial charge in [0.05, 0.1) is 25.2 Å². The summed E-state index contributed by atoms with van der Waals surface area (Å²) in [6, 6.07) is 0. The fraction of sp³-hybridized carbons (Fsp3) is 0.875. The van der Waals surface area contributed by atoms with E-state index in [1.807, 2.05) is 6.92 Å². The van der Waals surface area contributed by atoms with E-state index in [4.69, 9.17) is 9.84 Å². The number of ether oxygens (including phenoxy) is 1. The summed E-state index contributed by atoms with van der Waals surface area (Å²) in [5, 5.41) is 11.1. The first-order valence-electron chi connectivity index (χ1n) is 4.24. The zero-order valence-electron chi connectivity index (χ0n) is 7.25. The molecule has 1 amide bonds. The smallest absolute Gasteiger partial charge is 0.225 e. The van der Waals surface area contributed by atoms with Crippen LogP contribution in [0.1, 0.15) is 13.3 Å². The summed E-state index contributed by atoms with van der Waals surface area (Å²) in [7, 11) is 0. The number of carbonyl (C=O) groups excluding carboxylic acids is 1. The number of hydrogen-bond acceptors (Lipinski definition) is 3. The van der Waals surface area contributed by atoms with Gasteiger partial charge in [-0.15, -0.1) is 0 Å². The highest BCUT2D eigenvalue weighted by Crippen LogP contribution is 2.18. The molecule has 1 aliphatic heterocycles. The molecule has 0 spiro atoms. The molecule has 0 aromatic heterocycles. The molecule has 1 rings (SSSR count). The van der Waals surface area contributed by atoms with Crippen LogP contribution in [0.3, 0.4) is 0 Å². The molecule has 2 unspecified atom stereocenters. The Morgan fingerprint density at radius 1 is 1.75 bits per heavy atom. The highest BCUT2D eigenvalue weighted by molar-refractivity contribution is 5.79. The van der Waals surface area contributed by atoms with Crippen molar-refractivity contribution in [3.05, 3.63) is 0 Å². The van der Waals surface area contributed by atoms with E-state index in [0.29, 0.717) is 13.2 Å². The van der Waals surface area contributed by atoms with Gasteiger partial charge in [0.25, 0.3) is 0 Å². The van der Waals surface area contributed by atoms with E-state index in [9.17, 15) is 4.79 Å². The summed E-state index contributed by atoms with van der Waals surface area (Å²) < 4.78 is 5.24. The second kappa shape index (κ2) is 4.42. The van der Waals surface area contributed by atoms with Crippen LogP contribution in [-0.2, 0) is 9.53 Å². The lowest BCUT2D eigenvalue weighted by Gasteiger charge is -2.07. The topological polar surface area (TPSA) is 58.6 Å². The van der Waals surface area contributed by atoms with Gasteiger partial charge in [-0.2, -0.15) is 0 Å². The first-order valence-corrected chi connectivity index (χ1v) is 4.24. The third kappa shape index (κ3) is 2.46. The molecular weight excluding hydrogens is 158 g/mol. The fourth-order valence-electron chi connectivity index (χ4n) is 1.32. The average Bonchev–Trinajstić information content (AvgIpc) is 2.47. The summed E-state index contributed by atoms with van der Waals surface area (Å²) >= 11 is 0. The molecule has 4 nitrogen and oxygen atoms in total. The maximum Gasteiger partial charge on any atom is 0.225 e. The molecular formula is C8H15NO3. The lowest BCUT2D eigenvalue weighted by atomic mass is 10.1. The van der Waals surface area contributed by atoms with Gasteiger partial charge in [0.1, 0.15) is 0 Å². The van der Waals surface area contributed by atoms with Crippen LogP contribution in [0.5, 0.6) is 0 Å². The van der Waals surface area contributed by atoms with Crippen LogP contribution in [0, 0.1) is 5.92 Å². The molecule has 1 fully saturated rings. The number of hydrogen-bond donors (Lipinski definition) is 2. The van der Waals surface area contributed by atoms with Crippen LogP contribution in [0.4, 0.5) is 0 Å². The number of aliphatic hydroxyl groups excluding tert-OH is 1. The van der Waals surface area contributed by atoms with E-state index in [0.717, 1.165) is 6.42 Å². The summed E-state index contributed by atoms with van der Waals surface area (Å²) in [5.41, 5.74) is 0. The Kier molecular flexibility index (Phi) is 3.49. The van der Waals surface area contributed by atoms with E-state index in [2.05, 4.69) is 5.32 Å². The molecule has 1 heterocycles. The fourth-order valence-corrected chi connectivity index (χ4v) is 1.32. The molecule has 0 aromatic rings. The first kappa shape index (κ1) is 9.48. The molecule has 4 heteroatoms. The Balaban J connectivity index is 2.23. The molecule has 0 aliphatic carbocycles. The minimum absolute atomic E-state index is 0.00509. The van der Waals surface area contributed by atoms with Gasteiger partial charge in [-0.05, 0) is 13.3 Å². The van der Waals surface area contributed by atoms with Crippen molar-refractivity contribution in [3.8, 4) is 0 Å². The molecule has 1 aliphatic rings. The standard InChI is InChI=1S/C8H15NO3/c1-6-4-7(5-12-6)8(11)9-2-3-10/h6-7,10H,2-5H2,1H3,(H,9,11). The third-order valence-corrected chi connectivity index (χ3v) is 1.98. The van der Waals surface area contributed by atoms with Gasteiger partial charge in [0, 0.05) is 6.54 Å². The second-order valence-corrected chi connectivity index (χ2v) is 3.09. The Labute approximate surface area is 71.9 Å². The monoisotopic (exact) mass is 173 g/mol. The van der Waals surface area contributed by atoms with Crippen LogP contribution >= 0.6 is 0 Å². The van der Waals surface area contributed by atoms with Gasteiger partial charge >= 0.3 is 0 Å². The molecule has 2 atom stereocenters. The van der Waals surface area contributed by atoms with Crippen molar-refractivity contribution < 1.29 is 14.6 Å². The lowest BCUT2D eigenvalue weighted by molar-refractivity contribution is -0.125. The Hall–Kier alpha value is -0.610. The second-order valence-electron chi connectivity index (χ2n) is 3.09. The summed E-state index contributed by atoms with van der Waals surface area (Å²) in [5.74, 6) is -0.0278. The summed E-state index contributed by atoms with van der Waals surface area (Å²) in [6.07, 6.45) is 0.979. The van der Waals surface area contributed by atoms with Crippen LogP contribution in [0.25, 0.3) is 0 Å². The Morgan fingerprint density at radius 2 is 2.50 bits per heavy atom. The Morgan fingerprint density at radius 3 is 3.00 bits per heavy atom. The Bertz CT molecular complexity index is 160. The van der Waals surface area contributed by atoms with Crippen LogP contribution in [0.2, 0.25) is 0 Å². The van der Waals surface area contributed by atoms with Gasteiger partial charge in [-0.1, -0.05) is 0 Å². The third-order valence-electron chi connectivity index (χ3n) is 1.98. The zero-order valence-corrected chi connectivity index (χ0v) is 7.25. The van der Waals surface area contributed by atoms with Crippen LogP contribution in [-0.4, -0.2) is 36.9 Å². The average molecular weight is 173 g/mol. The highest BCUT2D eigenvalue weighted by atomic mass is 16.5. The maximum atomic E-state index is 11.2. The van der Waals surface area contributed by atoms with Crippen molar-refractivity contribution >= 4 is 5.91 Å². The van der Waals surface area contributed by atoms with Crippen molar-refractivity contribution in [1.82, 2.24) is 5.32 Å². The van der Waals surface area contributed by atoms with Crippen molar-refractivity contribution in [1.29, 1.82) is 0 Å². The predicted molar refractivity (Wildman–Crippen MR) is 43.6 cm³/mol. The van der Waals surface area contributed by atoms with E-state index in [1.54, 1.807) is 0 Å². The summed E-state index contributed by atoms with van der Waals surface area (Å²) in [4.78, 5) is 11.2. The van der Waals surface area contributed by atoms with Gasteiger partial charge < -0.3 is 15.2 Å². The van der Waals surface area contributed by atoms with E-state index in [-0.39, 0.29) is 24.5 Å².